The summed E-state index contributed by atoms with van der Waals surface area (Å²) >= 11 is 1.10. The van der Waals surface area contributed by atoms with E-state index < -0.39 is 46.7 Å². The van der Waals surface area contributed by atoms with Crippen LogP contribution in [-0.4, -0.2) is 63.2 Å². The Morgan fingerprint density at radius 2 is 1.93 bits per heavy atom. The average molecular weight is 600 g/mol. The molecule has 2 aliphatic heterocycles. The number of allylic oxidation sites excluding steroid dienone is 1. The normalized spacial score (nSPS) is 17.9. The van der Waals surface area contributed by atoms with Crippen LogP contribution in [0.1, 0.15) is 44.9 Å². The van der Waals surface area contributed by atoms with E-state index in [1.807, 2.05) is 0 Å². The number of aromatic nitrogens is 1. The summed E-state index contributed by atoms with van der Waals surface area (Å²) < 4.78 is 15.7. The van der Waals surface area contributed by atoms with Gasteiger partial charge in [0.25, 0.3) is 11.6 Å². The van der Waals surface area contributed by atoms with Crippen molar-refractivity contribution >= 4 is 51.8 Å². The molecule has 0 bridgehead atoms. The molecule has 0 unspecified atom stereocenters. The minimum Gasteiger partial charge on any atom is -0.456 e. The molecule has 15 heteroatoms. The molecule has 2 aromatic rings. The third-order valence-electron chi connectivity index (χ3n) is 6.17. The first kappa shape index (κ1) is 30.2. The lowest BCUT2D eigenvalue weighted by Gasteiger charge is -2.50. The number of nitro benzene ring substituents is 1. The smallest absolute Gasteiger partial charge is 0.413 e. The number of β-lactam (4-membered cyclic amide) rings is 1. The second-order valence-corrected chi connectivity index (χ2v) is 11.2. The molecule has 2 N–H and O–H groups in total. The lowest BCUT2D eigenvalue weighted by Crippen LogP contribution is -2.71. The van der Waals surface area contributed by atoms with Crippen LogP contribution in [0.5, 0.6) is 0 Å². The molecule has 1 saturated heterocycles. The number of nitro groups is 1. The molecule has 1 aromatic heterocycles. The van der Waals surface area contributed by atoms with Crippen LogP contribution in [0.15, 0.2) is 48.0 Å². The van der Waals surface area contributed by atoms with E-state index in [2.05, 4.69) is 22.2 Å². The van der Waals surface area contributed by atoms with E-state index in [0.29, 0.717) is 29.7 Å². The number of alkyl carbamates (subject to hydrolysis) is 1. The van der Waals surface area contributed by atoms with Crippen molar-refractivity contribution in [2.24, 2.45) is 0 Å². The van der Waals surface area contributed by atoms with Crippen LogP contribution in [0.4, 0.5) is 20.4 Å². The lowest BCUT2D eigenvalue weighted by atomic mass is 9.83. The molecule has 222 valence electrons. The van der Waals surface area contributed by atoms with Crippen LogP contribution in [0.3, 0.4) is 0 Å². The third-order valence-corrected chi connectivity index (χ3v) is 6.93. The topological polar surface area (TPSA) is 179 Å². The van der Waals surface area contributed by atoms with Gasteiger partial charge in [-0.2, -0.15) is 0 Å². The number of rotatable bonds is 9. The third kappa shape index (κ3) is 6.91. The van der Waals surface area contributed by atoms with Gasteiger partial charge in [-0.1, -0.05) is 12.7 Å². The van der Waals surface area contributed by atoms with Gasteiger partial charge >= 0.3 is 18.2 Å². The van der Waals surface area contributed by atoms with Crippen molar-refractivity contribution in [1.29, 1.82) is 0 Å². The minimum absolute atomic E-state index is 0.0108. The zero-order valence-electron chi connectivity index (χ0n) is 23.1. The number of anilines is 1. The second kappa shape index (κ2) is 12.4. The molecule has 1 aromatic carbocycles. The summed E-state index contributed by atoms with van der Waals surface area (Å²) in [6.45, 7) is 8.38. The molecule has 2 atom stereocenters. The highest BCUT2D eigenvalue weighted by molar-refractivity contribution is 7.14. The zero-order chi connectivity index (χ0) is 30.6. The molecular formula is C27H29N5O9S. The molecule has 0 radical (unpaired) electrons. The Morgan fingerprint density at radius 1 is 1.21 bits per heavy atom. The van der Waals surface area contributed by atoms with Crippen molar-refractivity contribution in [3.8, 4) is 0 Å². The van der Waals surface area contributed by atoms with Gasteiger partial charge < -0.3 is 19.5 Å². The van der Waals surface area contributed by atoms with Crippen LogP contribution < -0.4 is 10.6 Å². The van der Waals surface area contributed by atoms with Gasteiger partial charge in [0.2, 0.25) is 0 Å². The fourth-order valence-electron chi connectivity index (χ4n) is 4.39. The molecule has 0 saturated carbocycles. The highest BCUT2D eigenvalue weighted by atomic mass is 32.1. The van der Waals surface area contributed by atoms with Gasteiger partial charge in [0.05, 0.1) is 16.7 Å². The minimum atomic E-state index is -0.897. The van der Waals surface area contributed by atoms with Crippen LogP contribution >= 0.6 is 11.3 Å². The predicted octanol–water partition coefficient (Wildman–Crippen LogP) is 4.14. The zero-order valence-corrected chi connectivity index (χ0v) is 23.9. The van der Waals surface area contributed by atoms with E-state index in [1.54, 1.807) is 26.2 Å². The van der Waals surface area contributed by atoms with Crippen molar-refractivity contribution in [2.75, 3.05) is 11.9 Å². The number of carbonyl (C=O) groups excluding carboxylic acids is 4. The van der Waals surface area contributed by atoms with Crippen molar-refractivity contribution in [3.63, 3.8) is 0 Å². The highest BCUT2D eigenvalue weighted by Gasteiger charge is 2.54. The molecular weight excluding hydrogens is 570 g/mol. The summed E-state index contributed by atoms with van der Waals surface area (Å²) in [6, 6.07) is 4.08. The summed E-state index contributed by atoms with van der Waals surface area (Å²) in [5.41, 5.74) is 0.370. The monoisotopic (exact) mass is 599 g/mol. The molecule has 0 spiro atoms. The van der Waals surface area contributed by atoms with E-state index >= 15 is 0 Å². The first-order valence-corrected chi connectivity index (χ1v) is 13.7. The fraction of sp³-hybridized carbons (Fsp3) is 0.370. The SMILES string of the molecule is C=CCOC(=O)Nc1nc(C2=C(C(=O)OCc3ccc([N+](=O)[O-])cc3)N3C(=O)[C@@H](NC(=O)OC(C)(C)C)[C@H]3CC2)cs1. The number of hydrogen-bond acceptors (Lipinski definition) is 11. The standard InChI is InChI=1S/C27H29N5O9S/c1-5-12-39-25(35)30-24-28-18(14-42-24)17-10-11-19-20(29-26(36)41-27(2,3)4)22(33)31(19)21(17)23(34)40-13-15-6-8-16(9-7-15)32(37)38/h5-9,14,19-20H,1,10-13H2,2-4H3,(H,29,36)(H,28,30,35)/t19-,20+/m1/s1. The molecule has 14 nitrogen and oxygen atoms in total. The van der Waals surface area contributed by atoms with E-state index in [1.165, 1.54) is 35.2 Å². The number of benzene rings is 1. The quantitative estimate of drug-likeness (QED) is 0.106. The van der Waals surface area contributed by atoms with Crippen molar-refractivity contribution in [1.82, 2.24) is 15.2 Å². The van der Waals surface area contributed by atoms with Gasteiger partial charge in [0.1, 0.15) is 30.6 Å². The molecule has 42 heavy (non-hydrogen) atoms. The maximum absolute atomic E-state index is 13.5. The Labute approximate surface area is 244 Å². The molecule has 3 heterocycles. The van der Waals surface area contributed by atoms with Gasteiger partial charge in [-0.15, -0.1) is 11.3 Å². The fourth-order valence-corrected chi connectivity index (χ4v) is 5.11. The molecule has 1 fully saturated rings. The molecule has 4 rings (SSSR count). The number of ether oxygens (including phenoxy) is 3. The van der Waals surface area contributed by atoms with Crippen molar-refractivity contribution in [3.05, 3.63) is 69.4 Å². The number of non-ortho nitro benzene ring substituents is 1. The van der Waals surface area contributed by atoms with Crippen LogP contribution in [0, 0.1) is 10.1 Å². The van der Waals surface area contributed by atoms with Gasteiger partial charge in [-0.3, -0.25) is 25.1 Å². The maximum Gasteiger partial charge on any atom is 0.413 e. The van der Waals surface area contributed by atoms with Crippen LogP contribution in [0.2, 0.25) is 0 Å². The first-order valence-electron chi connectivity index (χ1n) is 12.8. The van der Waals surface area contributed by atoms with E-state index in [0.717, 1.165) is 11.3 Å². The van der Waals surface area contributed by atoms with E-state index in [9.17, 15) is 29.3 Å². The van der Waals surface area contributed by atoms with Crippen molar-refractivity contribution < 1.29 is 38.3 Å². The second-order valence-electron chi connectivity index (χ2n) is 10.3. The number of fused-ring (bicyclic) bond motifs is 1. The van der Waals surface area contributed by atoms with Crippen molar-refractivity contribution in [2.45, 2.75) is 57.9 Å². The predicted molar refractivity (Wildman–Crippen MR) is 150 cm³/mol. The number of thiazole rings is 1. The number of amides is 3. The Kier molecular flexibility index (Phi) is 8.90. The van der Waals surface area contributed by atoms with Crippen LogP contribution in [-0.2, 0) is 30.4 Å². The highest BCUT2D eigenvalue weighted by Crippen LogP contribution is 2.41. The van der Waals surface area contributed by atoms with Gasteiger partial charge in [-0.25, -0.2) is 19.4 Å². The Bertz CT molecular complexity index is 1440. The molecule has 0 aliphatic carbocycles. The first-order chi connectivity index (χ1) is 19.9. The van der Waals surface area contributed by atoms with Gasteiger partial charge in [0.15, 0.2) is 5.13 Å². The van der Waals surface area contributed by atoms with E-state index in [-0.39, 0.29) is 29.7 Å². The Morgan fingerprint density at radius 3 is 2.57 bits per heavy atom. The van der Waals surface area contributed by atoms with E-state index in [4.69, 9.17) is 14.2 Å². The Balaban J connectivity index is 1.58. The lowest BCUT2D eigenvalue weighted by molar-refractivity contribution is -0.384. The average Bonchev–Trinajstić information content (AvgIpc) is 3.39. The molecule has 3 amide bonds. The number of nitrogens with zero attached hydrogens (tertiary/aromatic N) is 3. The summed E-state index contributed by atoms with van der Waals surface area (Å²) in [5, 5.41) is 17.9. The Hall–Kier alpha value is -4.79. The number of esters is 1. The molecule has 2 aliphatic rings. The van der Waals surface area contributed by atoms with Gasteiger partial charge in [0, 0.05) is 23.1 Å². The largest absolute Gasteiger partial charge is 0.456 e. The summed E-state index contributed by atoms with van der Waals surface area (Å²) in [4.78, 5) is 67.1. The summed E-state index contributed by atoms with van der Waals surface area (Å²) in [7, 11) is 0. The summed E-state index contributed by atoms with van der Waals surface area (Å²) in [6.07, 6.45) is 0.649. The number of hydrogen-bond donors (Lipinski definition) is 2. The number of nitrogens with one attached hydrogen (secondary N) is 2. The maximum atomic E-state index is 13.5. The van der Waals surface area contributed by atoms with Crippen LogP contribution in [0.25, 0.3) is 5.57 Å². The number of carbonyl (C=O) groups is 4. The summed E-state index contributed by atoms with van der Waals surface area (Å²) in [5.74, 6) is -1.34. The van der Waals surface area contributed by atoms with Gasteiger partial charge in [-0.05, 0) is 51.3 Å².